The predicted octanol–water partition coefficient (Wildman–Crippen LogP) is 2.32. The lowest BCUT2D eigenvalue weighted by Gasteiger charge is -2.15. The molecule has 0 aliphatic carbocycles. The van der Waals surface area contributed by atoms with Crippen LogP contribution >= 0.6 is 12.2 Å². The lowest BCUT2D eigenvalue weighted by molar-refractivity contribution is 0.501. The summed E-state index contributed by atoms with van der Waals surface area (Å²) >= 11 is 4.77. The standard InChI is InChI=1S/C7H11NS/c1-7(2,6-9)4-3-5-8/h6H,3-4H2,1-2H3. The quantitative estimate of drug-likeness (QED) is 0.563. The fourth-order valence-corrected chi connectivity index (χ4v) is 0.555. The number of hydrogen-bond donors (Lipinski definition) is 0. The summed E-state index contributed by atoms with van der Waals surface area (Å²) < 4.78 is 0. The zero-order chi connectivity index (χ0) is 7.33. The van der Waals surface area contributed by atoms with E-state index in [0.29, 0.717) is 6.42 Å². The molecule has 2 heteroatoms. The van der Waals surface area contributed by atoms with Crippen LogP contribution in [0.4, 0.5) is 0 Å². The minimum Gasteiger partial charge on any atom is -0.198 e. The smallest absolute Gasteiger partial charge is 0.0622 e. The Bertz CT molecular complexity index is 132. The second kappa shape index (κ2) is 3.58. The van der Waals surface area contributed by atoms with Crippen molar-refractivity contribution in [2.75, 3.05) is 0 Å². The van der Waals surface area contributed by atoms with Crippen LogP contribution < -0.4 is 0 Å². The highest BCUT2D eigenvalue weighted by molar-refractivity contribution is 7.79. The van der Waals surface area contributed by atoms with Crippen LogP contribution in [0.3, 0.4) is 0 Å². The minimum absolute atomic E-state index is 0.0606. The van der Waals surface area contributed by atoms with E-state index in [9.17, 15) is 0 Å². The van der Waals surface area contributed by atoms with Gasteiger partial charge in [-0.25, -0.2) is 0 Å². The molecule has 0 rings (SSSR count). The van der Waals surface area contributed by atoms with Crippen LogP contribution in [0, 0.1) is 16.7 Å². The van der Waals surface area contributed by atoms with Crippen LogP contribution in [-0.4, -0.2) is 5.37 Å². The normalized spacial score (nSPS) is 10.3. The number of thiocarbonyl (C=S) groups is 1. The maximum atomic E-state index is 8.23. The number of hydrogen-bond acceptors (Lipinski definition) is 2. The lowest BCUT2D eigenvalue weighted by atomic mass is 9.91. The SMILES string of the molecule is CC(C)(C=S)CCC#N. The van der Waals surface area contributed by atoms with Crippen LogP contribution in [0.15, 0.2) is 0 Å². The minimum atomic E-state index is 0.0606. The fourth-order valence-electron chi connectivity index (χ4n) is 0.437. The summed E-state index contributed by atoms with van der Waals surface area (Å²) in [5.41, 5.74) is 0.0606. The van der Waals surface area contributed by atoms with Gasteiger partial charge < -0.3 is 0 Å². The van der Waals surface area contributed by atoms with Gasteiger partial charge >= 0.3 is 0 Å². The Kier molecular flexibility index (Phi) is 3.41. The van der Waals surface area contributed by atoms with Gasteiger partial charge in [-0.05, 0) is 17.2 Å². The van der Waals surface area contributed by atoms with Crippen molar-refractivity contribution < 1.29 is 0 Å². The van der Waals surface area contributed by atoms with E-state index in [4.69, 9.17) is 17.5 Å². The third-order valence-corrected chi connectivity index (χ3v) is 1.84. The van der Waals surface area contributed by atoms with Gasteiger partial charge in [-0.1, -0.05) is 26.1 Å². The fraction of sp³-hybridized carbons (Fsp3) is 0.714. The zero-order valence-corrected chi connectivity index (χ0v) is 6.66. The van der Waals surface area contributed by atoms with Crippen LogP contribution in [0.5, 0.6) is 0 Å². The number of nitrogens with zero attached hydrogens (tertiary/aromatic N) is 1. The molecule has 0 saturated carbocycles. The molecule has 9 heavy (non-hydrogen) atoms. The second-order valence-electron chi connectivity index (χ2n) is 2.76. The first-order valence-corrected chi connectivity index (χ1v) is 3.43. The topological polar surface area (TPSA) is 23.8 Å². The highest BCUT2D eigenvalue weighted by Crippen LogP contribution is 2.18. The molecule has 0 aromatic rings. The van der Waals surface area contributed by atoms with Gasteiger partial charge in [0.1, 0.15) is 0 Å². The first-order chi connectivity index (χ1) is 4.12. The Labute approximate surface area is 61.7 Å². The molecule has 0 aromatic heterocycles. The largest absolute Gasteiger partial charge is 0.198 e. The molecule has 0 aliphatic heterocycles. The molecule has 50 valence electrons. The molecular weight excluding hydrogens is 130 g/mol. The summed E-state index contributed by atoms with van der Waals surface area (Å²) in [6.07, 6.45) is 1.47. The molecule has 0 bridgehead atoms. The summed E-state index contributed by atoms with van der Waals surface area (Å²) in [6.45, 7) is 4.08. The molecule has 0 fully saturated rings. The molecule has 0 radical (unpaired) electrons. The van der Waals surface area contributed by atoms with Gasteiger partial charge in [0.25, 0.3) is 0 Å². The van der Waals surface area contributed by atoms with Gasteiger partial charge in [0.15, 0.2) is 0 Å². The van der Waals surface area contributed by atoms with E-state index >= 15 is 0 Å². The maximum absolute atomic E-state index is 8.23. The second-order valence-corrected chi connectivity index (χ2v) is 3.00. The van der Waals surface area contributed by atoms with E-state index in [0.717, 1.165) is 6.42 Å². The van der Waals surface area contributed by atoms with E-state index in [-0.39, 0.29) is 5.41 Å². The van der Waals surface area contributed by atoms with Crippen molar-refractivity contribution in [2.45, 2.75) is 26.7 Å². The average molecular weight is 141 g/mol. The molecule has 0 aromatic carbocycles. The highest BCUT2D eigenvalue weighted by atomic mass is 32.1. The van der Waals surface area contributed by atoms with Gasteiger partial charge in [0.2, 0.25) is 0 Å². The average Bonchev–Trinajstić information content (AvgIpc) is 1.84. The molecule has 1 nitrogen and oxygen atoms in total. The molecule has 0 atom stereocenters. The predicted molar refractivity (Wildman–Crippen MR) is 42.3 cm³/mol. The zero-order valence-electron chi connectivity index (χ0n) is 5.85. The maximum Gasteiger partial charge on any atom is 0.0622 e. The van der Waals surface area contributed by atoms with Gasteiger partial charge in [0.05, 0.1) is 6.07 Å². The van der Waals surface area contributed by atoms with E-state index in [1.807, 2.05) is 13.8 Å². The van der Waals surface area contributed by atoms with Crippen molar-refractivity contribution in [3.05, 3.63) is 0 Å². The third-order valence-electron chi connectivity index (χ3n) is 1.20. The molecule has 0 aliphatic rings. The Balaban J connectivity index is 3.61. The Morgan fingerprint density at radius 1 is 1.67 bits per heavy atom. The van der Waals surface area contributed by atoms with E-state index in [1.165, 1.54) is 0 Å². The van der Waals surface area contributed by atoms with Crippen LogP contribution in [-0.2, 0) is 0 Å². The van der Waals surface area contributed by atoms with Crippen molar-refractivity contribution in [1.82, 2.24) is 0 Å². The summed E-state index contributed by atoms with van der Waals surface area (Å²) in [4.78, 5) is 0. The Morgan fingerprint density at radius 3 is 2.56 bits per heavy atom. The molecule has 0 unspecified atom stereocenters. The van der Waals surface area contributed by atoms with E-state index < -0.39 is 0 Å². The van der Waals surface area contributed by atoms with Crippen molar-refractivity contribution in [3.8, 4) is 6.07 Å². The summed E-state index contributed by atoms with van der Waals surface area (Å²) in [6, 6.07) is 2.09. The molecule has 0 spiro atoms. The molecule has 0 amide bonds. The van der Waals surface area contributed by atoms with Crippen molar-refractivity contribution in [1.29, 1.82) is 5.26 Å². The lowest BCUT2D eigenvalue weighted by Crippen LogP contribution is -2.10. The Morgan fingerprint density at radius 2 is 2.22 bits per heavy atom. The van der Waals surface area contributed by atoms with Crippen molar-refractivity contribution >= 4 is 17.6 Å². The highest BCUT2D eigenvalue weighted by Gasteiger charge is 2.11. The number of nitriles is 1. The first-order valence-electron chi connectivity index (χ1n) is 2.96. The van der Waals surface area contributed by atoms with E-state index in [2.05, 4.69) is 6.07 Å². The summed E-state index contributed by atoms with van der Waals surface area (Å²) in [7, 11) is 0. The Hall–Kier alpha value is -0.420. The van der Waals surface area contributed by atoms with E-state index in [1.54, 1.807) is 5.37 Å². The van der Waals surface area contributed by atoms with Gasteiger partial charge in [-0.2, -0.15) is 5.26 Å². The van der Waals surface area contributed by atoms with Crippen molar-refractivity contribution in [2.24, 2.45) is 5.41 Å². The summed E-state index contributed by atoms with van der Waals surface area (Å²) in [5.74, 6) is 0. The van der Waals surface area contributed by atoms with Gasteiger partial charge in [0, 0.05) is 6.42 Å². The monoisotopic (exact) mass is 141 g/mol. The molecular formula is C7H11NS. The summed E-state index contributed by atoms with van der Waals surface area (Å²) in [5, 5.41) is 9.95. The van der Waals surface area contributed by atoms with Gasteiger partial charge in [-0.15, -0.1) is 0 Å². The number of rotatable bonds is 3. The van der Waals surface area contributed by atoms with Crippen LogP contribution in [0.25, 0.3) is 0 Å². The van der Waals surface area contributed by atoms with Crippen LogP contribution in [0.1, 0.15) is 26.7 Å². The van der Waals surface area contributed by atoms with Crippen molar-refractivity contribution in [3.63, 3.8) is 0 Å². The van der Waals surface area contributed by atoms with Gasteiger partial charge in [-0.3, -0.25) is 0 Å². The third kappa shape index (κ3) is 4.11. The first kappa shape index (κ1) is 8.58. The molecule has 0 N–H and O–H groups in total. The molecule has 0 saturated heterocycles. The van der Waals surface area contributed by atoms with Crippen LogP contribution in [0.2, 0.25) is 0 Å². The molecule has 0 heterocycles.